The van der Waals surface area contributed by atoms with Crippen molar-refractivity contribution in [1.29, 1.82) is 0 Å². The monoisotopic (exact) mass is 465 g/mol. The molecule has 0 aliphatic carbocycles. The van der Waals surface area contributed by atoms with Crippen LogP contribution in [0.25, 0.3) is 16.7 Å². The van der Waals surface area contributed by atoms with E-state index in [0.717, 1.165) is 5.56 Å². The summed E-state index contributed by atoms with van der Waals surface area (Å²) in [5, 5.41) is 9.80. The molecule has 2 aromatic heterocycles. The zero-order valence-electron chi connectivity index (χ0n) is 18.1. The van der Waals surface area contributed by atoms with E-state index in [1.165, 1.54) is 11.8 Å². The molecule has 4 aromatic rings. The maximum atomic E-state index is 13.4. The van der Waals surface area contributed by atoms with Crippen LogP contribution in [0.15, 0.2) is 58.5 Å². The highest BCUT2D eigenvalue weighted by molar-refractivity contribution is 7.99. The van der Waals surface area contributed by atoms with Crippen LogP contribution in [0, 0.1) is 0 Å². The Morgan fingerprint density at radius 2 is 1.85 bits per heavy atom. The van der Waals surface area contributed by atoms with Gasteiger partial charge in [0.05, 0.1) is 43.5 Å². The average Bonchev–Trinajstić information content (AvgIpc) is 3.30. The number of carbonyl (C=O) groups is 1. The Kier molecular flexibility index (Phi) is 6.01. The number of amides is 1. The molecule has 10 heteroatoms. The normalized spacial score (nSPS) is 14.2. The van der Waals surface area contributed by atoms with Crippen LogP contribution in [0.3, 0.4) is 0 Å². The number of ether oxygens (including phenoxy) is 2. The van der Waals surface area contributed by atoms with E-state index in [9.17, 15) is 9.59 Å². The lowest BCUT2D eigenvalue weighted by Crippen LogP contribution is -2.41. The Morgan fingerprint density at radius 1 is 1.09 bits per heavy atom. The highest BCUT2D eigenvalue weighted by atomic mass is 32.2. The number of thioether (sulfide) groups is 1. The minimum atomic E-state index is -0.155. The number of para-hydroxylation sites is 2. The first-order chi connectivity index (χ1) is 16.2. The standard InChI is InChI=1S/C23H23N5O4S/c1-31-19-9-5-2-6-16(19)14-27-21(30)17-7-3-4-8-18(17)28-22(27)24-25-23(28)33-15-20(29)26-10-12-32-13-11-26/h2-9H,10-15H2,1H3. The second-order valence-electron chi connectivity index (χ2n) is 7.62. The summed E-state index contributed by atoms with van der Waals surface area (Å²) in [5.41, 5.74) is 1.41. The summed E-state index contributed by atoms with van der Waals surface area (Å²) in [7, 11) is 1.61. The first-order valence-electron chi connectivity index (χ1n) is 10.6. The highest BCUT2D eigenvalue weighted by Gasteiger charge is 2.21. The van der Waals surface area contributed by atoms with Gasteiger partial charge in [0, 0.05) is 18.7 Å². The molecule has 0 saturated carbocycles. The molecular weight excluding hydrogens is 442 g/mol. The number of benzene rings is 2. The summed E-state index contributed by atoms with van der Waals surface area (Å²) < 4.78 is 14.2. The summed E-state index contributed by atoms with van der Waals surface area (Å²) in [6.07, 6.45) is 0. The quantitative estimate of drug-likeness (QED) is 0.403. The molecule has 1 aliphatic heterocycles. The predicted molar refractivity (Wildman–Crippen MR) is 125 cm³/mol. The molecule has 0 unspecified atom stereocenters. The smallest absolute Gasteiger partial charge is 0.263 e. The predicted octanol–water partition coefficient (Wildman–Crippen LogP) is 2.05. The fraction of sp³-hybridized carbons (Fsp3) is 0.304. The largest absolute Gasteiger partial charge is 0.496 e. The maximum Gasteiger partial charge on any atom is 0.263 e. The second kappa shape index (κ2) is 9.24. The van der Waals surface area contributed by atoms with E-state index in [4.69, 9.17) is 9.47 Å². The molecule has 33 heavy (non-hydrogen) atoms. The van der Waals surface area contributed by atoms with Crippen molar-refractivity contribution >= 4 is 34.3 Å². The van der Waals surface area contributed by atoms with E-state index in [1.54, 1.807) is 22.6 Å². The second-order valence-corrected chi connectivity index (χ2v) is 8.56. The number of carbonyl (C=O) groups excluding carboxylic acids is 1. The molecule has 3 heterocycles. The van der Waals surface area contributed by atoms with Crippen molar-refractivity contribution in [2.45, 2.75) is 11.7 Å². The number of morpholine rings is 1. The maximum absolute atomic E-state index is 13.4. The molecule has 0 bridgehead atoms. The number of rotatable bonds is 6. The third-order valence-electron chi connectivity index (χ3n) is 5.69. The van der Waals surface area contributed by atoms with Gasteiger partial charge in [0.15, 0.2) is 5.16 Å². The number of methoxy groups -OCH3 is 1. The van der Waals surface area contributed by atoms with Crippen molar-refractivity contribution in [2.24, 2.45) is 0 Å². The summed E-state index contributed by atoms with van der Waals surface area (Å²) in [6, 6.07) is 15.0. The van der Waals surface area contributed by atoms with E-state index in [-0.39, 0.29) is 23.8 Å². The van der Waals surface area contributed by atoms with Gasteiger partial charge in [-0.2, -0.15) is 0 Å². The summed E-state index contributed by atoms with van der Waals surface area (Å²) in [5.74, 6) is 1.39. The van der Waals surface area contributed by atoms with Gasteiger partial charge in [0.25, 0.3) is 5.56 Å². The highest BCUT2D eigenvalue weighted by Crippen LogP contribution is 2.24. The Balaban J connectivity index is 1.56. The molecule has 5 rings (SSSR count). The van der Waals surface area contributed by atoms with Crippen molar-refractivity contribution < 1.29 is 14.3 Å². The van der Waals surface area contributed by atoms with Gasteiger partial charge in [-0.05, 0) is 18.2 Å². The molecule has 170 valence electrons. The molecule has 2 aromatic carbocycles. The molecule has 0 atom stereocenters. The molecule has 1 amide bonds. The molecule has 0 radical (unpaired) electrons. The van der Waals surface area contributed by atoms with Gasteiger partial charge in [0.1, 0.15) is 5.75 Å². The summed E-state index contributed by atoms with van der Waals surface area (Å²) >= 11 is 1.32. The number of fused-ring (bicyclic) bond motifs is 3. The first-order valence-corrected chi connectivity index (χ1v) is 11.6. The lowest BCUT2D eigenvalue weighted by atomic mass is 10.2. The SMILES string of the molecule is COc1ccccc1Cn1c(=O)c2ccccc2n2c(SCC(=O)N3CCOCC3)nnc12. The van der Waals surface area contributed by atoms with Crippen LogP contribution >= 0.6 is 11.8 Å². The molecule has 9 nitrogen and oxygen atoms in total. The molecule has 0 spiro atoms. The van der Waals surface area contributed by atoms with E-state index >= 15 is 0 Å². The molecule has 0 N–H and O–H groups in total. The lowest BCUT2D eigenvalue weighted by Gasteiger charge is -2.26. The van der Waals surface area contributed by atoms with Crippen LogP contribution in [-0.2, 0) is 16.1 Å². The van der Waals surface area contributed by atoms with Crippen LogP contribution in [-0.4, -0.2) is 69.1 Å². The average molecular weight is 466 g/mol. The Hall–Kier alpha value is -3.37. The first kappa shape index (κ1) is 21.5. The van der Waals surface area contributed by atoms with Crippen LogP contribution in [0.4, 0.5) is 0 Å². The van der Waals surface area contributed by atoms with Gasteiger partial charge in [-0.25, -0.2) is 0 Å². The summed E-state index contributed by atoms with van der Waals surface area (Å²) in [4.78, 5) is 27.8. The van der Waals surface area contributed by atoms with Crippen molar-refractivity contribution in [3.8, 4) is 5.75 Å². The van der Waals surface area contributed by atoms with E-state index in [2.05, 4.69) is 10.2 Å². The van der Waals surface area contributed by atoms with Gasteiger partial charge in [-0.15, -0.1) is 10.2 Å². The number of nitrogens with zero attached hydrogens (tertiary/aromatic N) is 5. The van der Waals surface area contributed by atoms with Gasteiger partial charge in [-0.1, -0.05) is 42.1 Å². The number of aromatic nitrogens is 4. The zero-order valence-corrected chi connectivity index (χ0v) is 19.0. The fourth-order valence-corrected chi connectivity index (χ4v) is 4.85. The third-order valence-corrected chi connectivity index (χ3v) is 6.60. The van der Waals surface area contributed by atoms with E-state index < -0.39 is 0 Å². The van der Waals surface area contributed by atoms with Gasteiger partial charge in [-0.3, -0.25) is 18.6 Å². The van der Waals surface area contributed by atoms with Crippen LogP contribution in [0.1, 0.15) is 5.56 Å². The minimum absolute atomic E-state index is 0.0340. The lowest BCUT2D eigenvalue weighted by molar-refractivity contribution is -0.132. The Bertz CT molecular complexity index is 1380. The van der Waals surface area contributed by atoms with Crippen LogP contribution in [0.5, 0.6) is 5.75 Å². The summed E-state index contributed by atoms with van der Waals surface area (Å²) in [6.45, 7) is 2.60. The van der Waals surface area contributed by atoms with E-state index in [0.29, 0.717) is 53.9 Å². The van der Waals surface area contributed by atoms with Gasteiger partial charge < -0.3 is 14.4 Å². The van der Waals surface area contributed by atoms with Crippen LogP contribution < -0.4 is 10.3 Å². The third kappa shape index (κ3) is 4.07. The van der Waals surface area contributed by atoms with Gasteiger partial charge in [0.2, 0.25) is 11.7 Å². The fourth-order valence-electron chi connectivity index (χ4n) is 4.00. The van der Waals surface area contributed by atoms with Gasteiger partial charge >= 0.3 is 0 Å². The molecule has 1 aliphatic rings. The number of hydrogen-bond donors (Lipinski definition) is 0. The minimum Gasteiger partial charge on any atom is -0.496 e. The van der Waals surface area contributed by atoms with Crippen molar-refractivity contribution in [3.63, 3.8) is 0 Å². The molecule has 1 saturated heterocycles. The molecule has 1 fully saturated rings. The molecular formula is C23H23N5O4S. The number of hydrogen-bond acceptors (Lipinski definition) is 7. The van der Waals surface area contributed by atoms with Crippen molar-refractivity contribution in [3.05, 3.63) is 64.4 Å². The topological polar surface area (TPSA) is 91.0 Å². The Labute approximate surface area is 193 Å². The zero-order chi connectivity index (χ0) is 22.8. The van der Waals surface area contributed by atoms with Crippen molar-refractivity contribution in [2.75, 3.05) is 39.2 Å². The van der Waals surface area contributed by atoms with Crippen molar-refractivity contribution in [1.82, 2.24) is 24.1 Å². The van der Waals surface area contributed by atoms with E-state index in [1.807, 2.05) is 46.9 Å². The van der Waals surface area contributed by atoms with Crippen LogP contribution in [0.2, 0.25) is 0 Å². The Morgan fingerprint density at radius 3 is 2.67 bits per heavy atom.